The van der Waals surface area contributed by atoms with Crippen molar-refractivity contribution in [2.75, 3.05) is 13.6 Å². The first kappa shape index (κ1) is 18.0. The molecule has 0 heterocycles. The van der Waals surface area contributed by atoms with Crippen LogP contribution in [0.5, 0.6) is 0 Å². The highest BCUT2D eigenvalue weighted by molar-refractivity contribution is 7.89. The number of likely N-dealkylation sites (N-methyl/N-ethyl adjacent to an activating group) is 1. The quantitative estimate of drug-likeness (QED) is 0.862. The third-order valence-corrected chi connectivity index (χ3v) is 5.11. The molecule has 24 heavy (non-hydrogen) atoms. The predicted octanol–water partition coefficient (Wildman–Crippen LogP) is 1.90. The van der Waals surface area contributed by atoms with E-state index >= 15 is 0 Å². The summed E-state index contributed by atoms with van der Waals surface area (Å²) in [5, 5.41) is 2.55. The lowest BCUT2D eigenvalue weighted by molar-refractivity contribution is -0.121. The van der Waals surface area contributed by atoms with E-state index in [1.165, 1.54) is 31.3 Å². The Morgan fingerprint density at radius 1 is 1.00 bits per heavy atom. The van der Waals surface area contributed by atoms with E-state index in [-0.39, 0.29) is 23.8 Å². The Balaban J connectivity index is 1.95. The van der Waals surface area contributed by atoms with Crippen molar-refractivity contribution >= 4 is 15.9 Å². The molecule has 0 fully saturated rings. The van der Waals surface area contributed by atoms with Crippen molar-refractivity contribution in [1.29, 1.82) is 0 Å². The number of halogens is 2. The number of carbonyl (C=O) groups excluding carboxylic acids is 1. The molecule has 1 amide bonds. The van der Waals surface area contributed by atoms with Crippen molar-refractivity contribution in [2.24, 2.45) is 0 Å². The summed E-state index contributed by atoms with van der Waals surface area (Å²) in [7, 11) is -2.62. The second-order valence-corrected chi connectivity index (χ2v) is 7.16. The van der Waals surface area contributed by atoms with Gasteiger partial charge >= 0.3 is 0 Å². The molecule has 2 rings (SSSR count). The van der Waals surface area contributed by atoms with E-state index in [0.29, 0.717) is 5.56 Å². The summed E-state index contributed by atoms with van der Waals surface area (Å²) >= 11 is 0. The second kappa shape index (κ2) is 7.50. The monoisotopic (exact) mass is 354 g/mol. The van der Waals surface area contributed by atoms with Crippen molar-refractivity contribution in [3.63, 3.8) is 0 Å². The summed E-state index contributed by atoms with van der Waals surface area (Å²) in [6.45, 7) is -0.232. The van der Waals surface area contributed by atoms with Gasteiger partial charge in [-0.1, -0.05) is 12.1 Å². The van der Waals surface area contributed by atoms with Crippen molar-refractivity contribution in [3.8, 4) is 0 Å². The SMILES string of the molecule is CN(CC(=O)NCc1ccc(F)cc1)S(=O)(=O)c1ccc(F)cc1. The molecule has 0 spiro atoms. The summed E-state index contributed by atoms with van der Waals surface area (Å²) in [5.74, 6) is -1.43. The van der Waals surface area contributed by atoms with Gasteiger partial charge in [-0.25, -0.2) is 17.2 Å². The van der Waals surface area contributed by atoms with Gasteiger partial charge in [-0.3, -0.25) is 4.79 Å². The lowest BCUT2D eigenvalue weighted by atomic mass is 10.2. The maximum absolute atomic E-state index is 12.9. The molecule has 2 aromatic carbocycles. The average Bonchev–Trinajstić information content (AvgIpc) is 2.54. The van der Waals surface area contributed by atoms with E-state index < -0.39 is 21.7 Å². The minimum absolute atomic E-state index is 0.0993. The highest BCUT2D eigenvalue weighted by atomic mass is 32.2. The van der Waals surface area contributed by atoms with Crippen molar-refractivity contribution in [2.45, 2.75) is 11.4 Å². The molecule has 2 aromatic rings. The van der Waals surface area contributed by atoms with Crippen LogP contribution in [0, 0.1) is 11.6 Å². The number of nitrogens with one attached hydrogen (secondary N) is 1. The van der Waals surface area contributed by atoms with Gasteiger partial charge in [0.2, 0.25) is 15.9 Å². The van der Waals surface area contributed by atoms with Crippen LogP contribution in [0.1, 0.15) is 5.56 Å². The summed E-state index contributed by atoms with van der Waals surface area (Å²) in [4.78, 5) is 11.8. The Morgan fingerprint density at radius 2 is 1.50 bits per heavy atom. The van der Waals surface area contributed by atoms with Gasteiger partial charge in [-0.2, -0.15) is 4.31 Å². The van der Waals surface area contributed by atoms with Crippen molar-refractivity contribution in [1.82, 2.24) is 9.62 Å². The summed E-state index contributed by atoms with van der Waals surface area (Å²) in [6.07, 6.45) is 0. The van der Waals surface area contributed by atoms with Gasteiger partial charge in [-0.15, -0.1) is 0 Å². The smallest absolute Gasteiger partial charge is 0.243 e. The fourth-order valence-corrected chi connectivity index (χ4v) is 3.06. The van der Waals surface area contributed by atoms with Crippen LogP contribution in [-0.4, -0.2) is 32.2 Å². The van der Waals surface area contributed by atoms with Crippen LogP contribution in [-0.2, 0) is 21.4 Å². The van der Waals surface area contributed by atoms with Gasteiger partial charge in [0.1, 0.15) is 11.6 Å². The molecule has 1 N–H and O–H groups in total. The van der Waals surface area contributed by atoms with Crippen LogP contribution in [0.2, 0.25) is 0 Å². The van der Waals surface area contributed by atoms with E-state index in [4.69, 9.17) is 0 Å². The van der Waals surface area contributed by atoms with E-state index in [1.54, 1.807) is 0 Å². The van der Waals surface area contributed by atoms with Gasteiger partial charge in [0.15, 0.2) is 0 Å². The molecule has 5 nitrogen and oxygen atoms in total. The molecule has 0 saturated heterocycles. The first-order chi connectivity index (χ1) is 11.3. The van der Waals surface area contributed by atoms with Crippen LogP contribution in [0.25, 0.3) is 0 Å². The van der Waals surface area contributed by atoms with Crippen LogP contribution in [0.3, 0.4) is 0 Å². The normalized spacial score (nSPS) is 11.5. The van der Waals surface area contributed by atoms with Crippen LogP contribution < -0.4 is 5.32 Å². The minimum Gasteiger partial charge on any atom is -0.351 e. The molecule has 0 aromatic heterocycles. The van der Waals surface area contributed by atoms with Gasteiger partial charge in [0.05, 0.1) is 11.4 Å². The fourth-order valence-electron chi connectivity index (χ4n) is 1.93. The minimum atomic E-state index is -3.88. The third kappa shape index (κ3) is 4.59. The Labute approximate surface area is 139 Å². The molecule has 0 aliphatic rings. The zero-order valence-corrected chi connectivity index (χ0v) is 13.7. The maximum Gasteiger partial charge on any atom is 0.243 e. The molecule has 0 radical (unpaired) electrons. The molecule has 0 atom stereocenters. The summed E-state index contributed by atoms with van der Waals surface area (Å²) in [6, 6.07) is 9.93. The summed E-state index contributed by atoms with van der Waals surface area (Å²) < 4.78 is 51.1. The average molecular weight is 354 g/mol. The third-order valence-electron chi connectivity index (χ3n) is 3.29. The van der Waals surface area contributed by atoms with Gasteiger partial charge < -0.3 is 5.32 Å². The van der Waals surface area contributed by atoms with Crippen molar-refractivity contribution < 1.29 is 22.0 Å². The number of sulfonamides is 1. The lowest BCUT2D eigenvalue weighted by Crippen LogP contribution is -2.38. The molecule has 0 saturated carbocycles. The number of amides is 1. The van der Waals surface area contributed by atoms with E-state index in [9.17, 15) is 22.0 Å². The van der Waals surface area contributed by atoms with Gasteiger partial charge in [0, 0.05) is 13.6 Å². The first-order valence-corrected chi connectivity index (χ1v) is 8.46. The zero-order chi connectivity index (χ0) is 17.7. The molecule has 8 heteroatoms. The predicted molar refractivity (Wildman–Crippen MR) is 84.5 cm³/mol. The number of carbonyl (C=O) groups is 1. The fraction of sp³-hybridized carbons (Fsp3) is 0.188. The number of hydrogen-bond donors (Lipinski definition) is 1. The maximum atomic E-state index is 12.9. The number of nitrogens with zero attached hydrogens (tertiary/aromatic N) is 1. The highest BCUT2D eigenvalue weighted by Crippen LogP contribution is 2.14. The molecular formula is C16H16F2N2O3S. The zero-order valence-electron chi connectivity index (χ0n) is 12.9. The van der Waals surface area contributed by atoms with Crippen LogP contribution >= 0.6 is 0 Å². The Bertz CT molecular complexity index is 806. The molecule has 0 bridgehead atoms. The van der Waals surface area contributed by atoms with Crippen LogP contribution in [0.4, 0.5) is 8.78 Å². The molecular weight excluding hydrogens is 338 g/mol. The highest BCUT2D eigenvalue weighted by Gasteiger charge is 2.22. The van der Waals surface area contributed by atoms with Crippen LogP contribution in [0.15, 0.2) is 53.4 Å². The molecule has 0 aliphatic carbocycles. The number of rotatable bonds is 6. The number of benzene rings is 2. The van der Waals surface area contributed by atoms with E-state index in [1.807, 2.05) is 0 Å². The summed E-state index contributed by atoms with van der Waals surface area (Å²) in [5.41, 5.74) is 0.689. The molecule has 128 valence electrons. The second-order valence-electron chi connectivity index (χ2n) is 5.12. The number of hydrogen-bond acceptors (Lipinski definition) is 3. The van der Waals surface area contributed by atoms with E-state index in [2.05, 4.69) is 5.32 Å². The van der Waals surface area contributed by atoms with E-state index in [0.717, 1.165) is 28.6 Å². The topological polar surface area (TPSA) is 66.5 Å². The Morgan fingerprint density at radius 3 is 2.04 bits per heavy atom. The van der Waals surface area contributed by atoms with Crippen molar-refractivity contribution in [3.05, 3.63) is 65.7 Å². The van der Waals surface area contributed by atoms with Gasteiger partial charge in [0.25, 0.3) is 0 Å². The standard InChI is InChI=1S/C16H16F2N2O3S/c1-20(24(22,23)15-8-6-14(18)7-9-15)11-16(21)19-10-12-2-4-13(17)5-3-12/h2-9H,10-11H2,1H3,(H,19,21). The largest absolute Gasteiger partial charge is 0.351 e. The Kier molecular flexibility index (Phi) is 5.63. The molecule has 0 aliphatic heterocycles. The Hall–Kier alpha value is -2.32. The van der Waals surface area contributed by atoms with Gasteiger partial charge in [-0.05, 0) is 42.0 Å². The molecule has 0 unspecified atom stereocenters. The first-order valence-electron chi connectivity index (χ1n) is 7.02. The lowest BCUT2D eigenvalue weighted by Gasteiger charge is -2.17.